The standard InChI is InChI=1S/C13H15NO4/c1-8-3-4-11(18-2)10(7-8)14-6-5-9(12(14)15)13(16)17/h3-4,7,9H,5-6H2,1-2H3,(H,16,17). The van der Waals surface area contributed by atoms with Crippen LogP contribution in [0.25, 0.3) is 0 Å². The van der Waals surface area contributed by atoms with E-state index in [-0.39, 0.29) is 5.91 Å². The molecule has 1 aromatic carbocycles. The normalized spacial score (nSPS) is 19.1. The summed E-state index contributed by atoms with van der Waals surface area (Å²) in [6.45, 7) is 2.33. The van der Waals surface area contributed by atoms with Crippen molar-refractivity contribution in [2.45, 2.75) is 13.3 Å². The molecular formula is C13H15NO4. The summed E-state index contributed by atoms with van der Waals surface area (Å²) >= 11 is 0. The summed E-state index contributed by atoms with van der Waals surface area (Å²) in [6, 6.07) is 5.50. The maximum Gasteiger partial charge on any atom is 0.316 e. The zero-order chi connectivity index (χ0) is 13.3. The Morgan fingerprint density at radius 2 is 2.22 bits per heavy atom. The summed E-state index contributed by atoms with van der Waals surface area (Å²) in [4.78, 5) is 24.4. The van der Waals surface area contributed by atoms with Crippen molar-refractivity contribution >= 4 is 17.6 Å². The van der Waals surface area contributed by atoms with Crippen molar-refractivity contribution in [2.75, 3.05) is 18.6 Å². The van der Waals surface area contributed by atoms with Gasteiger partial charge in [0, 0.05) is 6.54 Å². The molecule has 5 heteroatoms. The first-order chi connectivity index (χ1) is 8.54. The van der Waals surface area contributed by atoms with Crippen LogP contribution in [0.2, 0.25) is 0 Å². The number of aliphatic carboxylic acids is 1. The van der Waals surface area contributed by atoms with E-state index in [1.165, 1.54) is 12.0 Å². The van der Waals surface area contributed by atoms with Crippen LogP contribution in [0.3, 0.4) is 0 Å². The number of carboxylic acids is 1. The first kappa shape index (κ1) is 12.4. The van der Waals surface area contributed by atoms with Gasteiger partial charge in [0.2, 0.25) is 5.91 Å². The molecule has 1 aromatic rings. The highest BCUT2D eigenvalue weighted by Gasteiger charge is 2.38. The molecule has 1 heterocycles. The summed E-state index contributed by atoms with van der Waals surface area (Å²) < 4.78 is 5.22. The van der Waals surface area contributed by atoms with Gasteiger partial charge < -0.3 is 14.7 Å². The Morgan fingerprint density at radius 3 is 2.78 bits per heavy atom. The van der Waals surface area contributed by atoms with Gasteiger partial charge >= 0.3 is 5.97 Å². The van der Waals surface area contributed by atoms with Crippen LogP contribution in [0.1, 0.15) is 12.0 Å². The molecule has 18 heavy (non-hydrogen) atoms. The average molecular weight is 249 g/mol. The van der Waals surface area contributed by atoms with Crippen molar-refractivity contribution in [3.8, 4) is 5.75 Å². The zero-order valence-corrected chi connectivity index (χ0v) is 10.3. The third-order valence-electron chi connectivity index (χ3n) is 3.13. The van der Waals surface area contributed by atoms with Crippen molar-refractivity contribution in [3.05, 3.63) is 23.8 Å². The maximum atomic E-state index is 12.0. The van der Waals surface area contributed by atoms with Crippen molar-refractivity contribution in [3.63, 3.8) is 0 Å². The quantitative estimate of drug-likeness (QED) is 0.823. The first-order valence-corrected chi connectivity index (χ1v) is 5.73. The molecule has 96 valence electrons. The second-order valence-corrected chi connectivity index (χ2v) is 4.34. The lowest BCUT2D eigenvalue weighted by Gasteiger charge is -2.19. The molecule has 0 saturated carbocycles. The van der Waals surface area contributed by atoms with Gasteiger partial charge in [-0.3, -0.25) is 9.59 Å². The summed E-state index contributed by atoms with van der Waals surface area (Å²) in [6.07, 6.45) is 0.339. The van der Waals surface area contributed by atoms with Gasteiger partial charge in [-0.2, -0.15) is 0 Å². The number of ether oxygens (including phenoxy) is 1. The number of amides is 1. The second-order valence-electron chi connectivity index (χ2n) is 4.34. The molecule has 1 N–H and O–H groups in total. The molecule has 1 aliphatic rings. The van der Waals surface area contributed by atoms with Crippen LogP contribution in [0.5, 0.6) is 5.75 Å². The summed E-state index contributed by atoms with van der Waals surface area (Å²) in [5, 5.41) is 8.95. The number of carboxylic acid groups (broad SMARTS) is 1. The van der Waals surface area contributed by atoms with Crippen molar-refractivity contribution in [2.24, 2.45) is 5.92 Å². The lowest BCUT2D eigenvalue weighted by molar-refractivity contribution is -0.144. The predicted octanol–water partition coefficient (Wildman–Crippen LogP) is 1.44. The Bertz CT molecular complexity index is 498. The van der Waals surface area contributed by atoms with Gasteiger partial charge in [-0.1, -0.05) is 6.07 Å². The highest BCUT2D eigenvalue weighted by atomic mass is 16.5. The van der Waals surface area contributed by atoms with Crippen LogP contribution in [0.4, 0.5) is 5.69 Å². The number of carbonyl (C=O) groups is 2. The van der Waals surface area contributed by atoms with Gasteiger partial charge in [0.25, 0.3) is 0 Å². The molecule has 5 nitrogen and oxygen atoms in total. The Hall–Kier alpha value is -2.04. The van der Waals surface area contributed by atoms with E-state index in [0.717, 1.165) is 5.56 Å². The van der Waals surface area contributed by atoms with Crippen molar-refractivity contribution in [1.29, 1.82) is 0 Å². The second kappa shape index (κ2) is 4.68. The number of anilines is 1. The van der Waals surface area contributed by atoms with Gasteiger partial charge in [0.15, 0.2) is 0 Å². The van der Waals surface area contributed by atoms with Gasteiger partial charge in [0.1, 0.15) is 11.7 Å². The van der Waals surface area contributed by atoms with E-state index >= 15 is 0 Å². The van der Waals surface area contributed by atoms with Crippen LogP contribution in [0, 0.1) is 12.8 Å². The number of carbonyl (C=O) groups excluding carboxylic acids is 1. The number of benzene rings is 1. The molecule has 0 bridgehead atoms. The van der Waals surface area contributed by atoms with E-state index in [4.69, 9.17) is 9.84 Å². The van der Waals surface area contributed by atoms with Crippen molar-refractivity contribution in [1.82, 2.24) is 0 Å². The first-order valence-electron chi connectivity index (χ1n) is 5.73. The Labute approximate surface area is 105 Å². The predicted molar refractivity (Wildman–Crippen MR) is 65.8 cm³/mol. The molecule has 1 aliphatic heterocycles. The monoisotopic (exact) mass is 249 g/mol. The number of aryl methyl sites for hydroxylation is 1. The topological polar surface area (TPSA) is 66.8 Å². The molecule has 1 fully saturated rings. The van der Waals surface area contributed by atoms with Crippen molar-refractivity contribution < 1.29 is 19.4 Å². The summed E-state index contributed by atoms with van der Waals surface area (Å²) in [5.41, 5.74) is 1.64. The van der Waals surface area contributed by atoms with Crippen LogP contribution < -0.4 is 9.64 Å². The number of rotatable bonds is 3. The average Bonchev–Trinajstić information content (AvgIpc) is 2.71. The van der Waals surface area contributed by atoms with E-state index in [1.807, 2.05) is 19.1 Å². The summed E-state index contributed by atoms with van der Waals surface area (Å²) in [7, 11) is 1.53. The Balaban J connectivity index is 2.36. The van der Waals surface area contributed by atoms with Gasteiger partial charge in [0.05, 0.1) is 12.8 Å². The molecule has 0 spiro atoms. The van der Waals surface area contributed by atoms with Crippen LogP contribution >= 0.6 is 0 Å². The molecular weight excluding hydrogens is 234 g/mol. The third-order valence-corrected chi connectivity index (χ3v) is 3.13. The van der Waals surface area contributed by atoms with E-state index in [2.05, 4.69) is 0 Å². The smallest absolute Gasteiger partial charge is 0.316 e. The number of hydrogen-bond donors (Lipinski definition) is 1. The fraction of sp³-hybridized carbons (Fsp3) is 0.385. The fourth-order valence-electron chi connectivity index (χ4n) is 2.16. The fourth-order valence-corrected chi connectivity index (χ4v) is 2.16. The molecule has 1 saturated heterocycles. The minimum atomic E-state index is -1.06. The van der Waals surface area contributed by atoms with Crippen LogP contribution in [0.15, 0.2) is 18.2 Å². The third kappa shape index (κ3) is 2.03. The number of methoxy groups -OCH3 is 1. The van der Waals surface area contributed by atoms with E-state index in [0.29, 0.717) is 24.4 Å². The number of nitrogens with zero attached hydrogens (tertiary/aromatic N) is 1. The summed E-state index contributed by atoms with van der Waals surface area (Å²) in [5.74, 6) is -1.78. The number of hydrogen-bond acceptors (Lipinski definition) is 3. The SMILES string of the molecule is COc1ccc(C)cc1N1CCC(C(=O)O)C1=O. The van der Waals surface area contributed by atoms with Gasteiger partial charge in [-0.25, -0.2) is 0 Å². The zero-order valence-electron chi connectivity index (χ0n) is 10.3. The minimum absolute atomic E-state index is 0.339. The highest BCUT2D eigenvalue weighted by Crippen LogP contribution is 2.33. The van der Waals surface area contributed by atoms with E-state index in [1.54, 1.807) is 6.07 Å². The van der Waals surface area contributed by atoms with E-state index in [9.17, 15) is 9.59 Å². The largest absolute Gasteiger partial charge is 0.495 e. The Morgan fingerprint density at radius 1 is 1.50 bits per heavy atom. The van der Waals surface area contributed by atoms with Crippen LogP contribution in [-0.2, 0) is 9.59 Å². The van der Waals surface area contributed by atoms with Gasteiger partial charge in [-0.05, 0) is 31.0 Å². The lowest BCUT2D eigenvalue weighted by atomic mass is 10.1. The van der Waals surface area contributed by atoms with E-state index < -0.39 is 11.9 Å². The lowest BCUT2D eigenvalue weighted by Crippen LogP contribution is -2.30. The molecule has 2 rings (SSSR count). The molecule has 0 aromatic heterocycles. The maximum absolute atomic E-state index is 12.0. The minimum Gasteiger partial charge on any atom is -0.495 e. The highest BCUT2D eigenvalue weighted by molar-refractivity contribution is 6.08. The molecule has 0 radical (unpaired) electrons. The molecule has 1 atom stereocenters. The molecule has 1 amide bonds. The molecule has 1 unspecified atom stereocenters. The van der Waals surface area contributed by atoms with Crippen LogP contribution in [-0.4, -0.2) is 30.6 Å². The Kier molecular flexibility index (Phi) is 3.23. The van der Waals surface area contributed by atoms with Gasteiger partial charge in [-0.15, -0.1) is 0 Å². The molecule has 0 aliphatic carbocycles.